The van der Waals surface area contributed by atoms with Crippen LogP contribution in [0.3, 0.4) is 0 Å². The van der Waals surface area contributed by atoms with Crippen LogP contribution in [-0.4, -0.2) is 34.2 Å². The van der Waals surface area contributed by atoms with Crippen LogP contribution in [0.1, 0.15) is 16.1 Å². The first-order chi connectivity index (χ1) is 15.5. The van der Waals surface area contributed by atoms with Crippen LogP contribution in [-0.2, 0) is 18.4 Å². The van der Waals surface area contributed by atoms with Crippen molar-refractivity contribution in [2.24, 2.45) is 7.05 Å². The minimum Gasteiger partial charge on any atom is -0.467 e. The van der Waals surface area contributed by atoms with E-state index in [0.717, 1.165) is 0 Å². The molecule has 3 aromatic heterocycles. The molecular formula is C22H20N4O4S2. The lowest BCUT2D eigenvalue weighted by molar-refractivity contribution is -0.115. The van der Waals surface area contributed by atoms with Gasteiger partial charge in [-0.15, -0.1) is 11.3 Å². The summed E-state index contributed by atoms with van der Waals surface area (Å²) < 4.78 is 6.69. The van der Waals surface area contributed by atoms with Gasteiger partial charge < -0.3 is 14.6 Å². The zero-order valence-electron chi connectivity index (χ0n) is 17.4. The summed E-state index contributed by atoms with van der Waals surface area (Å²) in [4.78, 5) is 44.6. The number of carbonyl (C=O) groups is 2. The molecule has 0 saturated carbocycles. The van der Waals surface area contributed by atoms with Gasteiger partial charge in [0.1, 0.15) is 10.6 Å². The first-order valence-corrected chi connectivity index (χ1v) is 11.6. The van der Waals surface area contributed by atoms with E-state index in [9.17, 15) is 14.4 Å². The van der Waals surface area contributed by atoms with E-state index < -0.39 is 0 Å². The number of para-hydroxylation sites is 1. The molecule has 0 saturated heterocycles. The van der Waals surface area contributed by atoms with Crippen molar-refractivity contribution in [1.82, 2.24) is 14.9 Å². The Labute approximate surface area is 191 Å². The van der Waals surface area contributed by atoms with Gasteiger partial charge in [-0.3, -0.25) is 19.0 Å². The van der Waals surface area contributed by atoms with Gasteiger partial charge in [0.15, 0.2) is 5.16 Å². The number of nitrogens with one attached hydrogen (secondary N) is 1. The molecule has 0 unspecified atom stereocenters. The Morgan fingerprint density at radius 1 is 1.22 bits per heavy atom. The van der Waals surface area contributed by atoms with Gasteiger partial charge in [0.25, 0.3) is 11.5 Å². The molecule has 32 heavy (non-hydrogen) atoms. The molecule has 0 atom stereocenters. The Hall–Kier alpha value is -3.37. The van der Waals surface area contributed by atoms with Crippen LogP contribution in [0.4, 0.5) is 5.69 Å². The molecule has 4 aromatic rings. The molecule has 0 bridgehead atoms. The second-order valence-corrected chi connectivity index (χ2v) is 8.76. The van der Waals surface area contributed by atoms with E-state index in [-0.39, 0.29) is 29.7 Å². The topological polar surface area (TPSA) is 97.4 Å². The van der Waals surface area contributed by atoms with Crippen molar-refractivity contribution in [3.8, 4) is 0 Å². The lowest BCUT2D eigenvalue weighted by Gasteiger charge is -2.20. The van der Waals surface area contributed by atoms with Gasteiger partial charge in [0.05, 0.1) is 35.2 Å². The minimum absolute atomic E-state index is 0.0655. The Morgan fingerprint density at radius 2 is 2.03 bits per heavy atom. The maximum Gasteiger partial charge on any atom is 0.262 e. The fourth-order valence-corrected chi connectivity index (χ4v) is 4.79. The Balaban J connectivity index is 1.47. The van der Waals surface area contributed by atoms with E-state index in [1.807, 2.05) is 5.38 Å². The van der Waals surface area contributed by atoms with Crippen LogP contribution < -0.4 is 15.8 Å². The average Bonchev–Trinajstić information content (AvgIpc) is 3.50. The van der Waals surface area contributed by atoms with Gasteiger partial charge in [-0.05, 0) is 35.7 Å². The van der Waals surface area contributed by atoms with Crippen molar-refractivity contribution >= 4 is 50.8 Å². The number of hydrogen-bond acceptors (Lipinski definition) is 7. The monoisotopic (exact) mass is 468 g/mol. The van der Waals surface area contributed by atoms with Crippen molar-refractivity contribution in [2.45, 2.75) is 11.7 Å². The number of anilines is 1. The Kier molecular flexibility index (Phi) is 6.42. The summed E-state index contributed by atoms with van der Waals surface area (Å²) >= 11 is 2.57. The van der Waals surface area contributed by atoms with E-state index in [2.05, 4.69) is 10.3 Å². The van der Waals surface area contributed by atoms with Gasteiger partial charge in [-0.25, -0.2) is 4.98 Å². The quantitative estimate of drug-likeness (QED) is 0.330. The van der Waals surface area contributed by atoms with Crippen molar-refractivity contribution in [3.05, 3.63) is 75.8 Å². The van der Waals surface area contributed by atoms with Crippen LogP contribution in [0.2, 0.25) is 0 Å². The second-order valence-electron chi connectivity index (χ2n) is 6.92. The summed E-state index contributed by atoms with van der Waals surface area (Å²) in [7, 11) is 3.26. The predicted molar refractivity (Wildman–Crippen MR) is 125 cm³/mol. The third-order valence-corrected chi connectivity index (χ3v) is 6.70. The lowest BCUT2D eigenvalue weighted by Crippen LogP contribution is -2.32. The predicted octanol–water partition coefficient (Wildman–Crippen LogP) is 3.27. The highest BCUT2D eigenvalue weighted by molar-refractivity contribution is 7.99. The maximum absolute atomic E-state index is 12.9. The molecular weight excluding hydrogens is 448 g/mol. The van der Waals surface area contributed by atoms with Crippen LogP contribution in [0.15, 0.2) is 68.5 Å². The normalized spacial score (nSPS) is 10.9. The standard InChI is InChI=1S/C22H20N4O4S2/c1-25(17-8-4-3-7-15(17)19(28)23-12-14-6-5-10-30-14)18(27)13-32-22-24-20-16(9-11-31-20)21(29)26(22)2/h3-11H,12-13H2,1-2H3,(H,23,28). The molecule has 0 spiro atoms. The van der Waals surface area contributed by atoms with Gasteiger partial charge in [0.2, 0.25) is 5.91 Å². The maximum atomic E-state index is 12.9. The number of thiophene rings is 1. The Bertz CT molecular complexity index is 1330. The van der Waals surface area contributed by atoms with Crippen molar-refractivity contribution in [2.75, 3.05) is 17.7 Å². The molecule has 0 aliphatic carbocycles. The van der Waals surface area contributed by atoms with E-state index >= 15 is 0 Å². The lowest BCUT2D eigenvalue weighted by atomic mass is 10.1. The molecule has 2 amide bonds. The highest BCUT2D eigenvalue weighted by Crippen LogP contribution is 2.23. The SMILES string of the molecule is CN(C(=O)CSc1nc2sccc2c(=O)n1C)c1ccccc1C(=O)NCc1ccco1. The van der Waals surface area contributed by atoms with Gasteiger partial charge in [-0.1, -0.05) is 23.9 Å². The van der Waals surface area contributed by atoms with Crippen molar-refractivity contribution in [1.29, 1.82) is 0 Å². The largest absolute Gasteiger partial charge is 0.467 e. The van der Waals surface area contributed by atoms with Crippen LogP contribution in [0.5, 0.6) is 0 Å². The molecule has 0 aliphatic rings. The van der Waals surface area contributed by atoms with Gasteiger partial charge >= 0.3 is 0 Å². The average molecular weight is 469 g/mol. The number of furan rings is 1. The van der Waals surface area contributed by atoms with E-state index in [0.29, 0.717) is 32.4 Å². The summed E-state index contributed by atoms with van der Waals surface area (Å²) in [5.74, 6) is 0.173. The van der Waals surface area contributed by atoms with Crippen LogP contribution in [0.25, 0.3) is 10.2 Å². The summed E-state index contributed by atoms with van der Waals surface area (Å²) in [5, 5.41) is 5.66. The van der Waals surface area contributed by atoms with Crippen molar-refractivity contribution in [3.63, 3.8) is 0 Å². The number of amides is 2. The molecule has 0 radical (unpaired) electrons. The van der Waals surface area contributed by atoms with E-state index in [4.69, 9.17) is 4.42 Å². The molecule has 164 valence electrons. The summed E-state index contributed by atoms with van der Waals surface area (Å²) in [5.41, 5.74) is 0.731. The summed E-state index contributed by atoms with van der Waals surface area (Å²) in [6.45, 7) is 0.249. The van der Waals surface area contributed by atoms with Crippen LogP contribution >= 0.6 is 23.1 Å². The molecule has 8 nitrogen and oxygen atoms in total. The highest BCUT2D eigenvalue weighted by atomic mass is 32.2. The third kappa shape index (κ3) is 4.46. The summed E-state index contributed by atoms with van der Waals surface area (Å²) in [6.07, 6.45) is 1.54. The molecule has 4 rings (SSSR count). The minimum atomic E-state index is -0.309. The van der Waals surface area contributed by atoms with Gasteiger partial charge in [-0.2, -0.15) is 0 Å². The third-order valence-electron chi connectivity index (χ3n) is 4.88. The zero-order chi connectivity index (χ0) is 22.7. The number of fused-ring (bicyclic) bond motifs is 1. The number of thioether (sulfide) groups is 1. The molecule has 10 heteroatoms. The molecule has 0 fully saturated rings. The highest BCUT2D eigenvalue weighted by Gasteiger charge is 2.20. The smallest absolute Gasteiger partial charge is 0.262 e. The number of aromatic nitrogens is 2. The molecule has 1 aromatic carbocycles. The number of hydrogen-bond donors (Lipinski definition) is 1. The number of benzene rings is 1. The number of rotatable bonds is 7. The zero-order valence-corrected chi connectivity index (χ0v) is 19.0. The number of carbonyl (C=O) groups excluding carboxylic acids is 2. The van der Waals surface area contributed by atoms with Crippen molar-refractivity contribution < 1.29 is 14.0 Å². The van der Waals surface area contributed by atoms with Crippen LogP contribution in [0, 0.1) is 0 Å². The summed E-state index contributed by atoms with van der Waals surface area (Å²) in [6, 6.07) is 12.2. The first-order valence-electron chi connectivity index (χ1n) is 9.69. The fraction of sp³-hybridized carbons (Fsp3) is 0.182. The Morgan fingerprint density at radius 3 is 2.81 bits per heavy atom. The molecule has 0 aliphatic heterocycles. The van der Waals surface area contributed by atoms with E-state index in [1.165, 1.54) is 32.6 Å². The van der Waals surface area contributed by atoms with E-state index in [1.54, 1.807) is 62.8 Å². The first kappa shape index (κ1) is 21.8. The second kappa shape index (κ2) is 9.41. The molecule has 1 N–H and O–H groups in total. The van der Waals surface area contributed by atoms with Gasteiger partial charge in [0, 0.05) is 14.1 Å². The molecule has 3 heterocycles. The fourth-order valence-electron chi connectivity index (χ4n) is 3.10. The number of nitrogens with zero attached hydrogens (tertiary/aromatic N) is 3.